The number of carbonyl (C=O) groups excluding carboxylic acids is 6. The molecule has 0 saturated heterocycles. The maximum Gasteiger partial charge on any atom is 0.335 e. The lowest BCUT2D eigenvalue weighted by molar-refractivity contribution is -0.189. The monoisotopic (exact) mass is 1380 g/mol. The molecule has 0 radical (unpaired) electrons. The lowest BCUT2D eigenvalue weighted by Gasteiger charge is -2.38. The highest BCUT2D eigenvalue weighted by molar-refractivity contribution is 8.00. The van der Waals surface area contributed by atoms with Crippen LogP contribution in [0.25, 0.3) is 0 Å². The molecule has 0 aromatic carbocycles. The van der Waals surface area contributed by atoms with E-state index in [2.05, 4.69) is 20.1 Å². The molecule has 1 N–H and O–H groups in total. The summed E-state index contributed by atoms with van der Waals surface area (Å²) in [6.07, 6.45) is 18.9. The highest BCUT2D eigenvalue weighted by atomic mass is 32.2. The molecule has 0 amide bonds. The maximum absolute atomic E-state index is 13.8. The third-order valence-electron chi connectivity index (χ3n) is 14.8. The molecule has 10 unspecified atom stereocenters. The molecule has 546 valence electrons. The summed E-state index contributed by atoms with van der Waals surface area (Å²) in [5, 5.41) is 8.75. The standard InChI is InChI=1S/C38H70O12S2.C16H26O6.C16H32O2S/c1-27(28(2)39)24-37(9,35(42)50-32(6)47-22-17-16-21-46-31(5)49-34(41)36(7,8)52-13)25-38(10,26-51-12)33(40)18-23-48-30(4)45-20-15-14-19-44-29(3)43-11;1-11(2)15(17)21-13(5)19-9-7-8-10-20-14(6)22-16(18)12(3)4;1-3-4-5-6-7-8-9-10-11-12-13-19-14-15(2)16(17)18/h27,29-32H,14-26H2,1-13H3;13-14H,1,3,7-10H2,2,4-6H3;15H,3-14H2,1-2H3,(H,17,18). The van der Waals surface area contributed by atoms with Crippen LogP contribution in [0.4, 0.5) is 0 Å². The normalized spacial score (nSPS) is 15.3. The molecule has 0 fully saturated rings. The quantitative estimate of drug-likeness (QED) is 0.0195. The molecule has 0 saturated carbocycles. The van der Waals surface area contributed by atoms with Gasteiger partial charge in [-0.05, 0) is 159 Å². The Morgan fingerprint density at radius 2 is 0.849 bits per heavy atom. The second-order valence-electron chi connectivity index (χ2n) is 24.9. The number of esters is 4. The largest absolute Gasteiger partial charge is 0.481 e. The Hall–Kier alpha value is -3.10. The molecule has 0 aliphatic rings. The van der Waals surface area contributed by atoms with Crippen molar-refractivity contribution < 1.29 is 95.5 Å². The van der Waals surface area contributed by atoms with Crippen molar-refractivity contribution in [1.29, 1.82) is 0 Å². The van der Waals surface area contributed by atoms with Gasteiger partial charge < -0.3 is 61.9 Å². The smallest absolute Gasteiger partial charge is 0.335 e. The number of hydrogen-bond acceptors (Lipinski definition) is 22. The van der Waals surface area contributed by atoms with Crippen LogP contribution in [0, 0.1) is 22.7 Å². The Bertz CT molecular complexity index is 2010. The summed E-state index contributed by atoms with van der Waals surface area (Å²) in [5.41, 5.74) is -1.34. The first kappa shape index (κ1) is 94.1. The van der Waals surface area contributed by atoms with Gasteiger partial charge in [-0.2, -0.15) is 23.5 Å². The molecular formula is C70H128O20S3. The van der Waals surface area contributed by atoms with Crippen LogP contribution < -0.4 is 0 Å². The zero-order valence-electron chi connectivity index (χ0n) is 61.0. The second kappa shape index (κ2) is 56.9. The number of thioether (sulfide) groups is 3. The molecule has 0 aromatic heterocycles. The molecule has 0 heterocycles. The summed E-state index contributed by atoms with van der Waals surface area (Å²) in [5.74, 6) is -0.775. The van der Waals surface area contributed by atoms with Crippen molar-refractivity contribution in [3.63, 3.8) is 0 Å². The summed E-state index contributed by atoms with van der Waals surface area (Å²) in [4.78, 5) is 85.1. The topological polar surface area (TPSA) is 250 Å². The number of aliphatic carboxylic acids is 1. The SMILES string of the molecule is C=C(C)C(=O)OC(C)OCCCCOC(C)OC(=O)C(=C)C.CCCCCCCCCCCCSCC(C)C(=O)O.COC(C)OCCCCOC(C)OCCC(=O)C(C)(CSC)CC(C)(CC(C)C(C)=O)C(=O)OC(C)OCCCCOC(C)OC(=O)C(C)(C)SC. The molecule has 93 heavy (non-hydrogen) atoms. The molecule has 0 spiro atoms. The van der Waals surface area contributed by atoms with Gasteiger partial charge in [0.1, 0.15) is 16.3 Å². The first-order valence-electron chi connectivity index (χ1n) is 33.6. The van der Waals surface area contributed by atoms with E-state index in [1.807, 2.05) is 26.4 Å². The van der Waals surface area contributed by atoms with Crippen molar-refractivity contribution in [2.45, 2.75) is 275 Å². The molecule has 0 aliphatic carbocycles. The van der Waals surface area contributed by atoms with Gasteiger partial charge in [-0.15, -0.1) is 11.8 Å². The zero-order valence-corrected chi connectivity index (χ0v) is 63.4. The van der Waals surface area contributed by atoms with Crippen LogP contribution in [-0.4, -0.2) is 172 Å². The molecule has 0 bridgehead atoms. The molecule has 23 heteroatoms. The maximum atomic E-state index is 13.8. The van der Waals surface area contributed by atoms with Gasteiger partial charge in [0.05, 0.1) is 44.4 Å². The lowest BCUT2D eigenvalue weighted by Crippen LogP contribution is -2.43. The Balaban J connectivity index is -0.00000160. The van der Waals surface area contributed by atoms with E-state index in [1.165, 1.54) is 94.7 Å². The van der Waals surface area contributed by atoms with Gasteiger partial charge in [-0.1, -0.05) is 98.6 Å². The van der Waals surface area contributed by atoms with Gasteiger partial charge in [-0.3, -0.25) is 24.0 Å². The summed E-state index contributed by atoms with van der Waals surface area (Å²) in [6, 6.07) is 0. The summed E-state index contributed by atoms with van der Waals surface area (Å²) < 4.78 is 64.6. The Kier molecular flexibility index (Phi) is 57.5. The first-order chi connectivity index (χ1) is 43.7. The van der Waals surface area contributed by atoms with Crippen LogP contribution >= 0.6 is 35.3 Å². The second-order valence-corrected chi connectivity index (χ2v) is 28.3. The number of carbonyl (C=O) groups is 7. The molecular weight excluding hydrogens is 1260 g/mol. The number of hydrogen-bond donors (Lipinski definition) is 1. The van der Waals surface area contributed by atoms with Crippen molar-refractivity contribution in [1.82, 2.24) is 0 Å². The van der Waals surface area contributed by atoms with Crippen LogP contribution in [0.15, 0.2) is 24.3 Å². The predicted octanol–water partition coefficient (Wildman–Crippen LogP) is 15.3. The van der Waals surface area contributed by atoms with E-state index < -0.39 is 76.8 Å². The molecule has 0 rings (SSSR count). The minimum atomic E-state index is -1.13. The Labute approximate surface area is 574 Å². The summed E-state index contributed by atoms with van der Waals surface area (Å²) in [7, 11) is 1.60. The van der Waals surface area contributed by atoms with Crippen LogP contribution in [0.5, 0.6) is 0 Å². The first-order valence-corrected chi connectivity index (χ1v) is 37.3. The van der Waals surface area contributed by atoms with Gasteiger partial charge in [0.25, 0.3) is 0 Å². The fourth-order valence-corrected chi connectivity index (χ4v) is 10.8. The van der Waals surface area contributed by atoms with Crippen molar-refractivity contribution in [2.24, 2.45) is 22.7 Å². The number of carboxylic acids is 1. The van der Waals surface area contributed by atoms with E-state index in [9.17, 15) is 33.6 Å². The van der Waals surface area contributed by atoms with Crippen molar-refractivity contribution >= 4 is 76.7 Å². The van der Waals surface area contributed by atoms with Crippen molar-refractivity contribution in [3.8, 4) is 0 Å². The third kappa shape index (κ3) is 51.7. The number of methoxy groups -OCH3 is 1. The number of rotatable bonds is 57. The van der Waals surface area contributed by atoms with Gasteiger partial charge >= 0.3 is 29.8 Å². The van der Waals surface area contributed by atoms with Gasteiger partial charge in [0, 0.05) is 60.7 Å². The number of ketones is 2. The van der Waals surface area contributed by atoms with Crippen molar-refractivity contribution in [2.75, 3.05) is 83.1 Å². The number of Topliss-reactive ketones (excluding diaryl/α,β-unsaturated/α-hetero) is 2. The molecule has 10 atom stereocenters. The van der Waals surface area contributed by atoms with E-state index in [-0.39, 0.29) is 55.6 Å². The van der Waals surface area contributed by atoms with Crippen LogP contribution in [0.3, 0.4) is 0 Å². The zero-order chi connectivity index (χ0) is 71.4. The fourth-order valence-electron chi connectivity index (χ4n) is 8.63. The van der Waals surface area contributed by atoms with E-state index >= 15 is 0 Å². The Morgan fingerprint density at radius 1 is 0.473 bits per heavy atom. The average Bonchev–Trinajstić information content (AvgIpc) is 1.04. The number of ether oxygens (including phenoxy) is 12. The van der Waals surface area contributed by atoms with E-state index in [0.717, 1.165) is 37.2 Å². The molecule has 0 aliphatic heterocycles. The highest BCUT2D eigenvalue weighted by Gasteiger charge is 2.46. The van der Waals surface area contributed by atoms with Gasteiger partial charge in [-0.25, -0.2) is 9.59 Å². The van der Waals surface area contributed by atoms with Crippen LogP contribution in [0.2, 0.25) is 0 Å². The third-order valence-corrected chi connectivity index (χ3v) is 18.3. The van der Waals surface area contributed by atoms with Crippen LogP contribution in [-0.2, 0) is 90.4 Å². The minimum Gasteiger partial charge on any atom is -0.481 e. The lowest BCUT2D eigenvalue weighted by atomic mass is 9.67. The van der Waals surface area contributed by atoms with Gasteiger partial charge in [0.2, 0.25) is 0 Å². The number of carboxylic acid groups (broad SMARTS) is 1. The molecule has 0 aromatic rings. The van der Waals surface area contributed by atoms with Crippen molar-refractivity contribution in [3.05, 3.63) is 24.3 Å². The number of unbranched alkanes of at least 4 members (excludes halogenated alkanes) is 12. The predicted molar refractivity (Wildman–Crippen MR) is 374 cm³/mol. The van der Waals surface area contributed by atoms with E-state index in [1.54, 1.807) is 102 Å². The van der Waals surface area contributed by atoms with Crippen LogP contribution in [0.1, 0.15) is 233 Å². The summed E-state index contributed by atoms with van der Waals surface area (Å²) >= 11 is 4.73. The Morgan fingerprint density at radius 3 is 1.23 bits per heavy atom. The minimum absolute atomic E-state index is 0.0310. The van der Waals surface area contributed by atoms with E-state index in [0.29, 0.717) is 69.4 Å². The van der Waals surface area contributed by atoms with Gasteiger partial charge in [0.15, 0.2) is 37.7 Å². The highest BCUT2D eigenvalue weighted by Crippen LogP contribution is 2.43. The summed E-state index contributed by atoms with van der Waals surface area (Å²) in [6.45, 7) is 37.8. The average molecular weight is 1390 g/mol. The fraction of sp³-hybridized carbons (Fsp3) is 0.843. The molecule has 20 nitrogen and oxygen atoms in total. The van der Waals surface area contributed by atoms with E-state index in [4.69, 9.17) is 61.9 Å².